The molecule has 0 bridgehead atoms. The molecule has 1 aromatic carbocycles. The van der Waals surface area contributed by atoms with Gasteiger partial charge in [0.15, 0.2) is 0 Å². The summed E-state index contributed by atoms with van der Waals surface area (Å²) in [6, 6.07) is 4.99. The van der Waals surface area contributed by atoms with Crippen molar-refractivity contribution in [2.45, 2.75) is 18.9 Å². The van der Waals surface area contributed by atoms with Crippen LogP contribution in [-0.4, -0.2) is 37.3 Å². The molecule has 1 saturated heterocycles. The van der Waals surface area contributed by atoms with Crippen molar-refractivity contribution >= 4 is 29.1 Å². The van der Waals surface area contributed by atoms with Gasteiger partial charge in [-0.1, -0.05) is 29.3 Å². The Morgan fingerprint density at radius 3 is 2.50 bits per heavy atom. The number of benzene rings is 1. The lowest BCUT2D eigenvalue weighted by Crippen LogP contribution is -2.49. The number of hydrogen-bond donors (Lipinski definition) is 3. The van der Waals surface area contributed by atoms with Gasteiger partial charge < -0.3 is 20.9 Å². The van der Waals surface area contributed by atoms with E-state index in [4.69, 9.17) is 33.7 Å². The summed E-state index contributed by atoms with van der Waals surface area (Å²) in [7, 11) is 0. The second kappa shape index (κ2) is 7.62. The van der Waals surface area contributed by atoms with Crippen molar-refractivity contribution in [2.75, 3.05) is 26.3 Å². The minimum absolute atomic E-state index is 0.0326. The Morgan fingerprint density at radius 2 is 1.95 bits per heavy atom. The first-order chi connectivity index (χ1) is 10.5. The standard InChI is InChI=1S/C15H20Cl2N2O3/c16-10-2-1-3-11(17)13(10)12(20)8-19-14(21)15(9-18)4-6-22-7-5-15/h1-3,12,20H,4-9,18H2,(H,19,21). The van der Waals surface area contributed by atoms with Crippen LogP contribution < -0.4 is 11.1 Å². The Labute approximate surface area is 139 Å². The van der Waals surface area contributed by atoms with Crippen molar-refractivity contribution in [2.24, 2.45) is 11.1 Å². The van der Waals surface area contributed by atoms with Crippen LogP contribution in [-0.2, 0) is 9.53 Å². The van der Waals surface area contributed by atoms with Crippen molar-refractivity contribution in [3.8, 4) is 0 Å². The van der Waals surface area contributed by atoms with E-state index < -0.39 is 11.5 Å². The van der Waals surface area contributed by atoms with Crippen LogP contribution in [0.25, 0.3) is 0 Å². The van der Waals surface area contributed by atoms with Gasteiger partial charge in [-0.05, 0) is 25.0 Å². The Bertz CT molecular complexity index is 513. The van der Waals surface area contributed by atoms with Crippen molar-refractivity contribution < 1.29 is 14.6 Å². The van der Waals surface area contributed by atoms with E-state index in [1.54, 1.807) is 18.2 Å². The maximum atomic E-state index is 12.4. The molecule has 0 aliphatic carbocycles. The summed E-state index contributed by atoms with van der Waals surface area (Å²) in [5.41, 5.74) is 5.58. The number of ether oxygens (including phenoxy) is 1. The van der Waals surface area contributed by atoms with Gasteiger partial charge in [-0.2, -0.15) is 0 Å². The third-order valence-corrected chi connectivity index (χ3v) is 4.77. The van der Waals surface area contributed by atoms with Gasteiger partial charge >= 0.3 is 0 Å². The minimum Gasteiger partial charge on any atom is -0.386 e. The Hall–Kier alpha value is -0.850. The fourth-order valence-electron chi connectivity index (χ4n) is 2.59. The average molecular weight is 347 g/mol. The second-order valence-corrected chi connectivity index (χ2v) is 6.27. The molecule has 1 amide bonds. The van der Waals surface area contributed by atoms with E-state index in [-0.39, 0.29) is 19.0 Å². The number of nitrogens with one attached hydrogen (secondary N) is 1. The predicted molar refractivity (Wildman–Crippen MR) is 86.0 cm³/mol. The Morgan fingerprint density at radius 1 is 1.36 bits per heavy atom. The van der Waals surface area contributed by atoms with Gasteiger partial charge in [0.25, 0.3) is 0 Å². The van der Waals surface area contributed by atoms with Crippen LogP contribution in [0.3, 0.4) is 0 Å². The maximum absolute atomic E-state index is 12.4. The number of halogens is 2. The molecule has 22 heavy (non-hydrogen) atoms. The van der Waals surface area contributed by atoms with E-state index in [1.807, 2.05) is 0 Å². The summed E-state index contributed by atoms with van der Waals surface area (Å²) in [6.45, 7) is 1.32. The monoisotopic (exact) mass is 346 g/mol. The summed E-state index contributed by atoms with van der Waals surface area (Å²) in [6.07, 6.45) is 0.191. The van der Waals surface area contributed by atoms with Crippen molar-refractivity contribution in [3.63, 3.8) is 0 Å². The number of amides is 1. The van der Waals surface area contributed by atoms with E-state index in [0.717, 1.165) is 0 Å². The van der Waals surface area contributed by atoms with Crippen LogP contribution in [0.1, 0.15) is 24.5 Å². The van der Waals surface area contributed by atoms with Gasteiger partial charge in [0.2, 0.25) is 5.91 Å². The van der Waals surface area contributed by atoms with Crippen molar-refractivity contribution in [3.05, 3.63) is 33.8 Å². The second-order valence-electron chi connectivity index (χ2n) is 5.46. The summed E-state index contributed by atoms with van der Waals surface area (Å²) in [5.74, 6) is -0.166. The van der Waals surface area contributed by atoms with E-state index in [2.05, 4.69) is 5.32 Å². The first-order valence-corrected chi connectivity index (χ1v) is 7.94. The lowest BCUT2D eigenvalue weighted by Gasteiger charge is -2.34. The van der Waals surface area contributed by atoms with E-state index in [0.29, 0.717) is 41.7 Å². The highest BCUT2D eigenvalue weighted by atomic mass is 35.5. The van der Waals surface area contributed by atoms with Crippen LogP contribution in [0.2, 0.25) is 10.0 Å². The highest BCUT2D eigenvalue weighted by molar-refractivity contribution is 6.36. The number of nitrogens with two attached hydrogens (primary N) is 1. The Kier molecular flexibility index (Phi) is 6.06. The lowest BCUT2D eigenvalue weighted by molar-refractivity contribution is -0.136. The van der Waals surface area contributed by atoms with Crippen LogP contribution in [0.5, 0.6) is 0 Å². The van der Waals surface area contributed by atoms with Gasteiger partial charge in [-0.15, -0.1) is 0 Å². The molecule has 0 aromatic heterocycles. The molecule has 1 aliphatic rings. The normalized spacial score (nSPS) is 18.7. The predicted octanol–water partition coefficient (Wildman–Crippen LogP) is 1.90. The van der Waals surface area contributed by atoms with E-state index in [9.17, 15) is 9.90 Å². The molecule has 1 atom stereocenters. The Balaban J connectivity index is 2.01. The first kappa shape index (κ1) is 17.5. The molecule has 122 valence electrons. The molecule has 2 rings (SSSR count). The molecule has 0 radical (unpaired) electrons. The molecule has 1 aliphatic heterocycles. The van der Waals surface area contributed by atoms with Gasteiger partial charge in [0, 0.05) is 41.9 Å². The molecule has 1 aromatic rings. The third-order valence-electron chi connectivity index (χ3n) is 4.11. The third kappa shape index (κ3) is 3.73. The van der Waals surface area contributed by atoms with Crippen LogP contribution in [0, 0.1) is 5.41 Å². The summed E-state index contributed by atoms with van der Waals surface area (Å²) in [4.78, 5) is 12.4. The molecule has 7 heteroatoms. The minimum atomic E-state index is -0.972. The highest BCUT2D eigenvalue weighted by Crippen LogP contribution is 2.31. The zero-order valence-electron chi connectivity index (χ0n) is 12.1. The summed E-state index contributed by atoms with van der Waals surface area (Å²) in [5, 5.41) is 13.7. The quantitative estimate of drug-likeness (QED) is 0.760. The maximum Gasteiger partial charge on any atom is 0.227 e. The number of aliphatic hydroxyl groups is 1. The highest BCUT2D eigenvalue weighted by Gasteiger charge is 2.38. The molecular formula is C15H20Cl2N2O3. The zero-order chi connectivity index (χ0) is 16.2. The summed E-state index contributed by atoms with van der Waals surface area (Å²) >= 11 is 12.1. The molecule has 1 unspecified atom stereocenters. The van der Waals surface area contributed by atoms with Crippen LogP contribution in [0.15, 0.2) is 18.2 Å². The molecular weight excluding hydrogens is 327 g/mol. The molecule has 1 fully saturated rings. The molecule has 1 heterocycles. The molecule has 0 saturated carbocycles. The smallest absolute Gasteiger partial charge is 0.227 e. The van der Waals surface area contributed by atoms with E-state index >= 15 is 0 Å². The van der Waals surface area contributed by atoms with Gasteiger partial charge in [0.1, 0.15) is 0 Å². The number of rotatable bonds is 5. The first-order valence-electron chi connectivity index (χ1n) is 7.18. The van der Waals surface area contributed by atoms with Gasteiger partial charge in [0.05, 0.1) is 11.5 Å². The number of hydrogen-bond acceptors (Lipinski definition) is 4. The van der Waals surface area contributed by atoms with Crippen molar-refractivity contribution in [1.82, 2.24) is 5.32 Å². The van der Waals surface area contributed by atoms with E-state index in [1.165, 1.54) is 0 Å². The SMILES string of the molecule is NCC1(C(=O)NCC(O)c2c(Cl)cccc2Cl)CCOCC1. The fraction of sp³-hybridized carbons (Fsp3) is 0.533. The molecule has 4 N–H and O–H groups in total. The average Bonchev–Trinajstić information content (AvgIpc) is 2.53. The largest absolute Gasteiger partial charge is 0.386 e. The number of aliphatic hydroxyl groups excluding tert-OH is 1. The lowest BCUT2D eigenvalue weighted by atomic mass is 9.79. The van der Waals surface area contributed by atoms with Gasteiger partial charge in [-0.25, -0.2) is 0 Å². The fourth-order valence-corrected chi connectivity index (χ4v) is 3.24. The molecule has 0 spiro atoms. The number of carbonyl (C=O) groups excluding carboxylic acids is 1. The summed E-state index contributed by atoms with van der Waals surface area (Å²) < 4.78 is 5.28. The number of carbonyl (C=O) groups is 1. The van der Waals surface area contributed by atoms with Crippen LogP contribution >= 0.6 is 23.2 Å². The molecule has 5 nitrogen and oxygen atoms in total. The zero-order valence-corrected chi connectivity index (χ0v) is 13.7. The topological polar surface area (TPSA) is 84.6 Å². The van der Waals surface area contributed by atoms with Gasteiger partial charge in [-0.3, -0.25) is 4.79 Å². The van der Waals surface area contributed by atoms with Crippen molar-refractivity contribution in [1.29, 1.82) is 0 Å². The van der Waals surface area contributed by atoms with Crippen LogP contribution in [0.4, 0.5) is 0 Å².